The number of aromatic amines is 1. The third-order valence-electron chi connectivity index (χ3n) is 9.11. The van der Waals surface area contributed by atoms with Crippen LogP contribution in [0.1, 0.15) is 79.7 Å². The first-order valence-electron chi connectivity index (χ1n) is 16.4. The van der Waals surface area contributed by atoms with Crippen LogP contribution in [0, 0.1) is 12.8 Å². The van der Waals surface area contributed by atoms with Crippen molar-refractivity contribution in [3.8, 4) is 0 Å². The van der Waals surface area contributed by atoms with Crippen molar-refractivity contribution < 1.29 is 0 Å². The lowest BCUT2D eigenvalue weighted by atomic mass is 9.91. The number of hydrogen-bond acceptors (Lipinski definition) is 3. The number of H-pyrrole nitrogens is 1. The van der Waals surface area contributed by atoms with Crippen LogP contribution in [0.3, 0.4) is 0 Å². The van der Waals surface area contributed by atoms with E-state index >= 15 is 0 Å². The van der Waals surface area contributed by atoms with Crippen LogP contribution in [0.25, 0.3) is 27.8 Å². The lowest BCUT2D eigenvalue weighted by molar-refractivity contribution is 0.173. The van der Waals surface area contributed by atoms with Crippen LogP contribution in [-0.2, 0) is 19.4 Å². The molecule has 0 radical (unpaired) electrons. The molecule has 0 atom stereocenters. The molecule has 2 heterocycles. The molecule has 0 bridgehead atoms. The fourth-order valence-electron chi connectivity index (χ4n) is 6.55. The second-order valence-electron chi connectivity index (χ2n) is 12.0. The third kappa shape index (κ3) is 9.35. The lowest BCUT2D eigenvalue weighted by Crippen LogP contribution is -2.33. The Hall–Kier alpha value is -2.79. The van der Waals surface area contributed by atoms with Gasteiger partial charge in [-0.15, -0.1) is 0 Å². The van der Waals surface area contributed by atoms with Crippen molar-refractivity contribution in [2.24, 2.45) is 5.92 Å². The quantitative estimate of drug-likeness (QED) is 0.0916. The van der Waals surface area contributed by atoms with Gasteiger partial charge in [0, 0.05) is 23.6 Å². The van der Waals surface area contributed by atoms with E-state index in [4.69, 9.17) is 0 Å². The molecule has 43 heavy (non-hydrogen) atoms. The van der Waals surface area contributed by atoms with E-state index in [9.17, 15) is 0 Å². The molecule has 3 aromatic carbocycles. The summed E-state index contributed by atoms with van der Waals surface area (Å²) in [5.74, 6) is 0.886. The second-order valence-corrected chi connectivity index (χ2v) is 12.8. The van der Waals surface area contributed by atoms with Gasteiger partial charge in [0.2, 0.25) is 0 Å². The molecule has 0 spiro atoms. The molecule has 0 amide bonds. The normalized spacial score (nSPS) is 14.4. The van der Waals surface area contributed by atoms with Gasteiger partial charge in [-0.2, -0.15) is 0 Å². The van der Waals surface area contributed by atoms with Crippen LogP contribution in [-0.4, -0.2) is 36.3 Å². The molecule has 1 aromatic heterocycles. The number of piperidine rings is 1. The van der Waals surface area contributed by atoms with E-state index in [2.05, 4.69) is 102 Å². The summed E-state index contributed by atoms with van der Waals surface area (Å²) in [7, 11) is 1.89. The van der Waals surface area contributed by atoms with Gasteiger partial charge in [0.25, 0.3) is 0 Å². The molecule has 0 unspecified atom stereocenters. The Morgan fingerprint density at radius 1 is 1.02 bits per heavy atom. The molecule has 1 aliphatic rings. The van der Waals surface area contributed by atoms with E-state index in [1.807, 2.05) is 19.4 Å². The summed E-state index contributed by atoms with van der Waals surface area (Å²) in [5, 5.41) is 4.06. The average molecular weight is 596 g/mol. The number of allylic oxidation sites excluding steroid dienone is 2. The van der Waals surface area contributed by atoms with E-state index in [1.54, 1.807) is 17.5 Å². The summed E-state index contributed by atoms with van der Waals surface area (Å²) in [6, 6.07) is 18.1. The lowest BCUT2D eigenvalue weighted by Gasteiger charge is -2.32. The number of likely N-dealkylation sites (tertiary alicyclic amines) is 1. The molecule has 5 rings (SSSR count). The Labute approximate surface area is 265 Å². The number of hydrogen-bond donors (Lipinski definition) is 2. The number of nitrogens with zero attached hydrogens (tertiary/aromatic N) is 1. The van der Waals surface area contributed by atoms with E-state index in [0.717, 1.165) is 18.9 Å². The van der Waals surface area contributed by atoms with E-state index in [0.29, 0.717) is 0 Å². The molecule has 0 saturated carbocycles. The first-order chi connectivity index (χ1) is 21.1. The first kappa shape index (κ1) is 33.1. The van der Waals surface area contributed by atoms with Gasteiger partial charge in [-0.3, -0.25) is 9.62 Å². The minimum atomic E-state index is 0.886. The van der Waals surface area contributed by atoms with Crippen LogP contribution in [0.15, 0.2) is 73.5 Å². The smallest absolute Gasteiger partial charge is 0.0487 e. The molecular formula is C39H53N3S. The minimum Gasteiger partial charge on any atom is -0.361 e. The SMILES string of the molecule is C=Cc1cccc2cc(CCCC/C=C/CCC3CCN(Cc4c(CC)cc(C)c5[nH]ccc45)CC3)ccc12.CNSC. The summed E-state index contributed by atoms with van der Waals surface area (Å²) in [6.45, 7) is 12.0. The van der Waals surface area contributed by atoms with Gasteiger partial charge in [0.05, 0.1) is 0 Å². The van der Waals surface area contributed by atoms with Gasteiger partial charge in [0.15, 0.2) is 0 Å². The van der Waals surface area contributed by atoms with Crippen LogP contribution >= 0.6 is 11.9 Å². The Kier molecular flexibility index (Phi) is 13.5. The standard InChI is InChI=1S/C37H46N2.C2H7NS/c1-4-31-15-12-16-33-26-30(17-18-34(31)33)14-11-9-7-6-8-10-13-29-20-23-39(24-21-29)27-36-32(5-2)25-28(3)37-35(36)19-22-38-37;1-3-4-2/h4,6,8,12,15-19,22,25-26,29,38H,1,5,7,9-11,13-14,20-21,23-24,27H2,2-3H3;3H,1-2H3/b8-6+;. The highest BCUT2D eigenvalue weighted by atomic mass is 32.2. The molecule has 0 aliphatic carbocycles. The fourth-order valence-corrected chi connectivity index (χ4v) is 6.55. The van der Waals surface area contributed by atoms with Gasteiger partial charge in [-0.05, 0) is 142 Å². The largest absolute Gasteiger partial charge is 0.361 e. The van der Waals surface area contributed by atoms with Gasteiger partial charge in [0.1, 0.15) is 0 Å². The maximum Gasteiger partial charge on any atom is 0.0487 e. The number of nitrogens with one attached hydrogen (secondary N) is 2. The zero-order chi connectivity index (χ0) is 30.4. The van der Waals surface area contributed by atoms with Crippen molar-refractivity contribution in [2.75, 3.05) is 26.4 Å². The molecule has 1 fully saturated rings. The van der Waals surface area contributed by atoms with Crippen LogP contribution in [0.4, 0.5) is 0 Å². The van der Waals surface area contributed by atoms with Gasteiger partial charge in [-0.25, -0.2) is 0 Å². The predicted octanol–water partition coefficient (Wildman–Crippen LogP) is 10.3. The number of rotatable bonds is 13. The van der Waals surface area contributed by atoms with Crippen molar-refractivity contribution >= 4 is 39.7 Å². The maximum absolute atomic E-state index is 3.94. The van der Waals surface area contributed by atoms with E-state index < -0.39 is 0 Å². The third-order valence-corrected chi connectivity index (χ3v) is 9.52. The van der Waals surface area contributed by atoms with Crippen molar-refractivity contribution in [1.29, 1.82) is 0 Å². The van der Waals surface area contributed by atoms with Crippen molar-refractivity contribution in [3.05, 3.63) is 101 Å². The number of benzene rings is 3. The van der Waals surface area contributed by atoms with Crippen molar-refractivity contribution in [2.45, 2.75) is 78.2 Å². The molecular weight excluding hydrogens is 543 g/mol. The number of aryl methyl sites for hydroxylation is 3. The van der Waals surface area contributed by atoms with Gasteiger partial charge >= 0.3 is 0 Å². The van der Waals surface area contributed by atoms with E-state index in [-0.39, 0.29) is 0 Å². The molecule has 1 aliphatic heterocycles. The number of aromatic nitrogens is 1. The molecule has 3 nitrogen and oxygen atoms in total. The zero-order valence-corrected chi connectivity index (χ0v) is 27.9. The summed E-state index contributed by atoms with van der Waals surface area (Å²) in [5.41, 5.74) is 8.43. The highest BCUT2D eigenvalue weighted by molar-refractivity contribution is 7.96. The predicted molar refractivity (Wildman–Crippen MR) is 193 cm³/mol. The van der Waals surface area contributed by atoms with Crippen LogP contribution in [0.5, 0.6) is 0 Å². The highest BCUT2D eigenvalue weighted by Crippen LogP contribution is 2.29. The zero-order valence-electron chi connectivity index (χ0n) is 27.1. The summed E-state index contributed by atoms with van der Waals surface area (Å²) < 4.78 is 2.85. The van der Waals surface area contributed by atoms with E-state index in [1.165, 1.54) is 108 Å². The highest BCUT2D eigenvalue weighted by Gasteiger charge is 2.20. The van der Waals surface area contributed by atoms with Gasteiger partial charge in [-0.1, -0.05) is 86.1 Å². The molecule has 4 heteroatoms. The first-order valence-corrected chi connectivity index (χ1v) is 17.6. The Balaban J connectivity index is 0.000000996. The Morgan fingerprint density at radius 2 is 1.81 bits per heavy atom. The van der Waals surface area contributed by atoms with Crippen molar-refractivity contribution in [1.82, 2.24) is 14.6 Å². The van der Waals surface area contributed by atoms with Crippen LogP contribution in [0.2, 0.25) is 0 Å². The topological polar surface area (TPSA) is 31.1 Å². The monoisotopic (exact) mass is 595 g/mol. The average Bonchev–Trinajstić information content (AvgIpc) is 3.55. The number of unbranched alkanes of at least 4 members (excludes halogenated alkanes) is 2. The summed E-state index contributed by atoms with van der Waals surface area (Å²) >= 11 is 1.61. The molecule has 230 valence electrons. The maximum atomic E-state index is 3.94. The summed E-state index contributed by atoms with van der Waals surface area (Å²) in [6.07, 6.45) is 22.2. The Morgan fingerprint density at radius 3 is 2.56 bits per heavy atom. The van der Waals surface area contributed by atoms with Crippen LogP contribution < -0.4 is 4.72 Å². The van der Waals surface area contributed by atoms with Crippen molar-refractivity contribution in [3.63, 3.8) is 0 Å². The van der Waals surface area contributed by atoms with Gasteiger partial charge < -0.3 is 4.98 Å². The fraction of sp³-hybridized carbons (Fsp3) is 0.436. The second kappa shape index (κ2) is 17.5. The Bertz CT molecular complexity index is 1460. The minimum absolute atomic E-state index is 0.886. The molecule has 2 N–H and O–H groups in total. The summed E-state index contributed by atoms with van der Waals surface area (Å²) in [4.78, 5) is 6.15. The molecule has 1 saturated heterocycles. The number of fused-ring (bicyclic) bond motifs is 2. The molecule has 4 aromatic rings.